The first-order chi connectivity index (χ1) is 11.9. The molecule has 2 aromatic rings. The van der Waals surface area contributed by atoms with Gasteiger partial charge in [-0.1, -0.05) is 31.1 Å². The van der Waals surface area contributed by atoms with Crippen LogP contribution in [0.1, 0.15) is 42.4 Å². The van der Waals surface area contributed by atoms with Crippen LogP contribution in [-0.2, 0) is 4.74 Å². The lowest BCUT2D eigenvalue weighted by atomic mass is 9.96. The predicted octanol–water partition coefficient (Wildman–Crippen LogP) is 5.52. The summed E-state index contributed by atoms with van der Waals surface area (Å²) in [7, 11) is 0. The zero-order valence-corrected chi connectivity index (χ0v) is 16.1. The lowest BCUT2D eigenvalue weighted by molar-refractivity contribution is 0.0988. The Bertz CT molecular complexity index is 570. The quantitative estimate of drug-likeness (QED) is 0.574. The van der Waals surface area contributed by atoms with Crippen molar-refractivity contribution in [3.8, 4) is 0 Å². The van der Waals surface area contributed by atoms with Crippen LogP contribution in [0.25, 0.3) is 5.57 Å². The predicted molar refractivity (Wildman–Crippen MR) is 106 cm³/mol. The first-order valence-corrected chi connectivity index (χ1v) is 10.7. The Morgan fingerprint density at radius 3 is 2.25 bits per heavy atom. The number of hydrogen-bond acceptors (Lipinski definition) is 4. The molecule has 0 aliphatic carbocycles. The van der Waals surface area contributed by atoms with Crippen LogP contribution >= 0.6 is 22.7 Å². The third-order valence-electron chi connectivity index (χ3n) is 4.54. The molecule has 24 heavy (non-hydrogen) atoms. The van der Waals surface area contributed by atoms with Gasteiger partial charge in [0.1, 0.15) is 0 Å². The number of nitrogens with zero attached hydrogens (tertiary/aromatic N) is 1. The summed E-state index contributed by atoms with van der Waals surface area (Å²) >= 11 is 3.72. The van der Waals surface area contributed by atoms with Crippen LogP contribution in [-0.4, -0.2) is 37.7 Å². The number of rotatable bonds is 8. The molecule has 3 heterocycles. The van der Waals surface area contributed by atoms with E-state index in [0.29, 0.717) is 0 Å². The fraction of sp³-hybridized carbons (Fsp3) is 0.500. The second kappa shape index (κ2) is 9.52. The zero-order valence-electron chi connectivity index (χ0n) is 14.5. The van der Waals surface area contributed by atoms with Gasteiger partial charge in [-0.15, -0.1) is 22.7 Å². The van der Waals surface area contributed by atoms with Crippen LogP contribution in [0.3, 0.4) is 0 Å². The second-order valence-electron chi connectivity index (χ2n) is 6.24. The Labute approximate surface area is 153 Å². The SMILES string of the molecule is CCCCOCCN1CCC(=C(c2cccs2)c2cccs2)CC1. The van der Waals surface area contributed by atoms with Crippen LogP contribution < -0.4 is 0 Å². The highest BCUT2D eigenvalue weighted by Gasteiger charge is 2.19. The van der Waals surface area contributed by atoms with Gasteiger partial charge in [0.05, 0.1) is 6.61 Å². The van der Waals surface area contributed by atoms with E-state index in [4.69, 9.17) is 4.74 Å². The van der Waals surface area contributed by atoms with Crippen molar-refractivity contribution in [3.63, 3.8) is 0 Å². The van der Waals surface area contributed by atoms with Crippen LogP contribution in [0.2, 0.25) is 0 Å². The van der Waals surface area contributed by atoms with Crippen molar-refractivity contribution >= 4 is 28.2 Å². The maximum Gasteiger partial charge on any atom is 0.0593 e. The minimum absolute atomic E-state index is 0.877. The van der Waals surface area contributed by atoms with E-state index in [1.165, 1.54) is 41.0 Å². The zero-order chi connectivity index (χ0) is 16.6. The minimum Gasteiger partial charge on any atom is -0.380 e. The van der Waals surface area contributed by atoms with Gasteiger partial charge in [0.2, 0.25) is 0 Å². The molecule has 0 aromatic carbocycles. The van der Waals surface area contributed by atoms with E-state index in [0.717, 1.165) is 32.8 Å². The molecular weight excluding hydrogens is 334 g/mol. The lowest BCUT2D eigenvalue weighted by Crippen LogP contribution is -2.33. The molecule has 2 nitrogen and oxygen atoms in total. The van der Waals surface area contributed by atoms with Crippen molar-refractivity contribution in [3.05, 3.63) is 50.4 Å². The number of ether oxygens (including phenoxy) is 1. The molecule has 0 unspecified atom stereocenters. The van der Waals surface area contributed by atoms with E-state index >= 15 is 0 Å². The molecule has 0 spiro atoms. The Hall–Kier alpha value is -0.940. The Kier molecular flexibility index (Phi) is 7.09. The van der Waals surface area contributed by atoms with Gasteiger partial charge >= 0.3 is 0 Å². The fourth-order valence-electron chi connectivity index (χ4n) is 3.15. The topological polar surface area (TPSA) is 12.5 Å². The van der Waals surface area contributed by atoms with Crippen molar-refractivity contribution in [2.24, 2.45) is 0 Å². The van der Waals surface area contributed by atoms with E-state index in [2.05, 4.69) is 46.8 Å². The summed E-state index contributed by atoms with van der Waals surface area (Å²) in [5.74, 6) is 0. The van der Waals surface area contributed by atoms with Crippen molar-refractivity contribution in [2.45, 2.75) is 32.6 Å². The number of unbranched alkanes of at least 4 members (excludes halogenated alkanes) is 1. The van der Waals surface area contributed by atoms with E-state index in [1.807, 2.05) is 22.7 Å². The van der Waals surface area contributed by atoms with Crippen LogP contribution in [0.15, 0.2) is 40.6 Å². The normalized spacial score (nSPS) is 15.8. The molecule has 1 fully saturated rings. The second-order valence-corrected chi connectivity index (χ2v) is 8.14. The standard InChI is InChI=1S/C20H27NOS2/c1-2-3-13-22-14-12-21-10-8-17(9-11-21)20(18-6-4-15-23-18)19-7-5-16-24-19/h4-7,15-16H,2-3,8-14H2,1H3. The van der Waals surface area contributed by atoms with E-state index < -0.39 is 0 Å². The van der Waals surface area contributed by atoms with Gasteiger partial charge in [0, 0.05) is 41.6 Å². The largest absolute Gasteiger partial charge is 0.380 e. The molecule has 0 amide bonds. The summed E-state index contributed by atoms with van der Waals surface area (Å²) in [5.41, 5.74) is 3.13. The summed E-state index contributed by atoms with van der Waals surface area (Å²) in [6.45, 7) is 7.39. The van der Waals surface area contributed by atoms with E-state index in [1.54, 1.807) is 5.57 Å². The molecule has 2 aromatic heterocycles. The molecule has 0 bridgehead atoms. The Balaban J connectivity index is 1.60. The maximum atomic E-state index is 5.72. The summed E-state index contributed by atoms with van der Waals surface area (Å²) < 4.78 is 5.72. The highest BCUT2D eigenvalue weighted by Crippen LogP contribution is 2.36. The number of piperidine rings is 1. The highest BCUT2D eigenvalue weighted by molar-refractivity contribution is 7.13. The summed E-state index contributed by atoms with van der Waals surface area (Å²) in [6, 6.07) is 8.86. The maximum absolute atomic E-state index is 5.72. The van der Waals surface area contributed by atoms with Gasteiger partial charge in [0.15, 0.2) is 0 Å². The van der Waals surface area contributed by atoms with E-state index in [-0.39, 0.29) is 0 Å². The van der Waals surface area contributed by atoms with Gasteiger partial charge in [-0.05, 0) is 42.2 Å². The molecule has 0 saturated carbocycles. The van der Waals surface area contributed by atoms with Crippen molar-refractivity contribution in [2.75, 3.05) is 32.8 Å². The van der Waals surface area contributed by atoms with Crippen LogP contribution in [0.5, 0.6) is 0 Å². The Morgan fingerprint density at radius 1 is 1.04 bits per heavy atom. The molecule has 1 saturated heterocycles. The third-order valence-corrected chi connectivity index (χ3v) is 6.32. The minimum atomic E-state index is 0.877. The molecule has 4 heteroatoms. The third kappa shape index (κ3) is 4.79. The number of thiophene rings is 2. The molecule has 0 atom stereocenters. The van der Waals surface area contributed by atoms with E-state index in [9.17, 15) is 0 Å². The first-order valence-electron chi connectivity index (χ1n) is 8.98. The molecule has 1 aliphatic heterocycles. The van der Waals surface area contributed by atoms with Crippen molar-refractivity contribution in [1.29, 1.82) is 0 Å². The van der Waals surface area contributed by atoms with Gasteiger partial charge in [-0.2, -0.15) is 0 Å². The van der Waals surface area contributed by atoms with Gasteiger partial charge in [-0.3, -0.25) is 0 Å². The first kappa shape index (κ1) is 17.9. The van der Waals surface area contributed by atoms with Gasteiger partial charge < -0.3 is 9.64 Å². The summed E-state index contributed by atoms with van der Waals surface area (Å²) in [6.07, 6.45) is 4.75. The smallest absolute Gasteiger partial charge is 0.0593 e. The average Bonchev–Trinajstić information content (AvgIpc) is 3.31. The van der Waals surface area contributed by atoms with Crippen molar-refractivity contribution in [1.82, 2.24) is 4.90 Å². The lowest BCUT2D eigenvalue weighted by Gasteiger charge is -2.29. The van der Waals surface area contributed by atoms with Crippen LogP contribution in [0.4, 0.5) is 0 Å². The van der Waals surface area contributed by atoms with Crippen molar-refractivity contribution < 1.29 is 4.74 Å². The fourth-order valence-corrected chi connectivity index (χ4v) is 4.88. The highest BCUT2D eigenvalue weighted by atomic mass is 32.1. The van der Waals surface area contributed by atoms with Gasteiger partial charge in [-0.25, -0.2) is 0 Å². The van der Waals surface area contributed by atoms with Gasteiger partial charge in [0.25, 0.3) is 0 Å². The van der Waals surface area contributed by atoms with Crippen LogP contribution in [0, 0.1) is 0 Å². The summed E-state index contributed by atoms with van der Waals surface area (Å²) in [4.78, 5) is 5.39. The Morgan fingerprint density at radius 2 is 1.71 bits per heavy atom. The molecular formula is C20H27NOS2. The molecule has 3 rings (SSSR count). The number of hydrogen-bond donors (Lipinski definition) is 0. The average molecular weight is 362 g/mol. The molecule has 130 valence electrons. The summed E-state index contributed by atoms with van der Waals surface area (Å²) in [5, 5.41) is 4.37. The monoisotopic (exact) mass is 361 g/mol. The number of likely N-dealkylation sites (tertiary alicyclic amines) is 1. The molecule has 1 aliphatic rings. The molecule has 0 N–H and O–H groups in total. The molecule has 0 radical (unpaired) electrons.